The minimum atomic E-state index is -0.232. The monoisotopic (exact) mass is 335 g/mol. The van der Waals surface area contributed by atoms with E-state index in [0.717, 1.165) is 11.8 Å². The van der Waals surface area contributed by atoms with Gasteiger partial charge < -0.3 is 15.0 Å². The van der Waals surface area contributed by atoms with E-state index in [1.165, 1.54) is 4.90 Å². The van der Waals surface area contributed by atoms with E-state index >= 15 is 0 Å². The molecule has 1 aromatic rings. The van der Waals surface area contributed by atoms with E-state index in [1.807, 2.05) is 0 Å². The molecule has 0 aromatic heterocycles. The van der Waals surface area contributed by atoms with Gasteiger partial charge in [0.05, 0.1) is 18.9 Å². The number of ether oxygens (including phenoxy) is 1. The van der Waals surface area contributed by atoms with E-state index in [9.17, 15) is 14.4 Å². The number of anilines is 1. The molecule has 122 valence electrons. The van der Waals surface area contributed by atoms with Gasteiger partial charge in [0.2, 0.25) is 5.91 Å². The largest absolute Gasteiger partial charge is 0.497 e. The Bertz CT molecular complexity index is 618. The van der Waals surface area contributed by atoms with Crippen LogP contribution in [0.15, 0.2) is 24.3 Å². The number of carbonyl (C=O) groups is 3. The van der Waals surface area contributed by atoms with Gasteiger partial charge in [0.1, 0.15) is 5.75 Å². The molecule has 23 heavy (non-hydrogen) atoms. The second-order valence-corrected chi connectivity index (χ2v) is 6.29. The quantitative estimate of drug-likeness (QED) is 0.914. The van der Waals surface area contributed by atoms with Crippen LogP contribution in [0, 0.1) is 0 Å². The minimum Gasteiger partial charge on any atom is -0.497 e. The first kappa shape index (κ1) is 15.7. The number of carbonyl (C=O) groups excluding carboxylic acids is 3. The van der Waals surface area contributed by atoms with Gasteiger partial charge in [0.15, 0.2) is 0 Å². The molecule has 2 saturated heterocycles. The molecular formula is C15H17N3O4S. The molecule has 8 heteroatoms. The highest BCUT2D eigenvalue weighted by molar-refractivity contribution is 8.14. The number of amides is 4. The van der Waals surface area contributed by atoms with Crippen molar-refractivity contribution in [3.8, 4) is 5.75 Å². The molecule has 0 saturated carbocycles. The number of nitrogens with one attached hydrogen (secondary N) is 1. The van der Waals surface area contributed by atoms with Crippen molar-refractivity contribution in [2.75, 3.05) is 31.3 Å². The molecule has 0 radical (unpaired) electrons. The molecule has 7 nitrogen and oxygen atoms in total. The summed E-state index contributed by atoms with van der Waals surface area (Å²) in [5.74, 6) is 0.753. The predicted molar refractivity (Wildman–Crippen MR) is 86.7 cm³/mol. The van der Waals surface area contributed by atoms with Gasteiger partial charge in [-0.3, -0.25) is 14.5 Å². The Hall–Kier alpha value is -2.22. The lowest BCUT2D eigenvalue weighted by atomic mass is 10.2. The van der Waals surface area contributed by atoms with Gasteiger partial charge in [-0.05, 0) is 30.7 Å². The average molecular weight is 335 g/mol. The van der Waals surface area contributed by atoms with E-state index < -0.39 is 0 Å². The second kappa shape index (κ2) is 6.49. The van der Waals surface area contributed by atoms with Crippen LogP contribution in [0.4, 0.5) is 15.3 Å². The Morgan fingerprint density at radius 1 is 1.30 bits per heavy atom. The second-order valence-electron chi connectivity index (χ2n) is 5.37. The average Bonchev–Trinajstić information content (AvgIpc) is 3.15. The molecule has 2 heterocycles. The summed E-state index contributed by atoms with van der Waals surface area (Å²) in [6.45, 7) is 0.897. The molecule has 1 unspecified atom stereocenters. The SMILES string of the molecule is COc1ccc(NC(=O)N2CCC(N3C(=O)CSC3=O)C2)cc1. The fraction of sp³-hybridized carbons (Fsp3) is 0.400. The molecular weight excluding hydrogens is 318 g/mol. The number of imide groups is 1. The smallest absolute Gasteiger partial charge is 0.321 e. The molecule has 0 aliphatic carbocycles. The summed E-state index contributed by atoms with van der Waals surface area (Å²) in [5, 5.41) is 2.60. The van der Waals surface area contributed by atoms with Crippen molar-refractivity contribution in [3.63, 3.8) is 0 Å². The fourth-order valence-corrected chi connectivity index (χ4v) is 3.51. The number of nitrogens with zero attached hydrogens (tertiary/aromatic N) is 2. The van der Waals surface area contributed by atoms with Crippen LogP contribution in [0.25, 0.3) is 0 Å². The summed E-state index contributed by atoms with van der Waals surface area (Å²) in [6.07, 6.45) is 0.619. The molecule has 1 N–H and O–H groups in total. The molecule has 1 aromatic carbocycles. The molecule has 2 aliphatic heterocycles. The molecule has 4 amide bonds. The van der Waals surface area contributed by atoms with Gasteiger partial charge in [-0.15, -0.1) is 0 Å². The number of hydrogen-bond acceptors (Lipinski definition) is 5. The summed E-state index contributed by atoms with van der Waals surface area (Å²) in [5.41, 5.74) is 0.670. The van der Waals surface area contributed by atoms with Gasteiger partial charge in [-0.25, -0.2) is 4.79 Å². The zero-order chi connectivity index (χ0) is 16.4. The van der Waals surface area contributed by atoms with Crippen molar-refractivity contribution in [2.45, 2.75) is 12.5 Å². The normalized spacial score (nSPS) is 21.0. The van der Waals surface area contributed by atoms with E-state index in [0.29, 0.717) is 30.9 Å². The number of rotatable bonds is 3. The van der Waals surface area contributed by atoms with Gasteiger partial charge in [-0.1, -0.05) is 11.8 Å². The Morgan fingerprint density at radius 2 is 2.04 bits per heavy atom. The van der Waals surface area contributed by atoms with Crippen LogP contribution in [0.3, 0.4) is 0 Å². The first-order valence-electron chi connectivity index (χ1n) is 7.27. The maximum Gasteiger partial charge on any atom is 0.321 e. The van der Waals surface area contributed by atoms with Gasteiger partial charge in [0.25, 0.3) is 5.24 Å². The molecule has 0 spiro atoms. The number of urea groups is 1. The van der Waals surface area contributed by atoms with Crippen molar-refractivity contribution >= 4 is 34.6 Å². The molecule has 0 bridgehead atoms. The highest BCUT2D eigenvalue weighted by Gasteiger charge is 2.40. The third-order valence-corrected chi connectivity index (χ3v) is 4.78. The summed E-state index contributed by atoms with van der Waals surface area (Å²) in [7, 11) is 1.58. The summed E-state index contributed by atoms with van der Waals surface area (Å²) < 4.78 is 5.07. The lowest BCUT2D eigenvalue weighted by molar-refractivity contribution is -0.126. The third-order valence-electron chi connectivity index (χ3n) is 3.94. The minimum absolute atomic E-state index is 0.164. The van der Waals surface area contributed by atoms with Crippen LogP contribution in [0.2, 0.25) is 0 Å². The third kappa shape index (κ3) is 3.26. The van der Waals surface area contributed by atoms with Crippen LogP contribution >= 0.6 is 11.8 Å². The van der Waals surface area contributed by atoms with Crippen molar-refractivity contribution in [1.29, 1.82) is 0 Å². The topological polar surface area (TPSA) is 79.0 Å². The maximum atomic E-state index is 12.3. The Labute approximate surface area is 137 Å². The van der Waals surface area contributed by atoms with Gasteiger partial charge >= 0.3 is 6.03 Å². The lowest BCUT2D eigenvalue weighted by Gasteiger charge is -2.22. The number of likely N-dealkylation sites (tertiary alicyclic amines) is 1. The van der Waals surface area contributed by atoms with Gasteiger partial charge in [-0.2, -0.15) is 0 Å². The Kier molecular flexibility index (Phi) is 4.42. The van der Waals surface area contributed by atoms with Crippen LogP contribution in [-0.2, 0) is 4.79 Å². The van der Waals surface area contributed by atoms with E-state index in [4.69, 9.17) is 4.74 Å². The first-order valence-corrected chi connectivity index (χ1v) is 8.26. The van der Waals surface area contributed by atoms with Crippen molar-refractivity contribution in [1.82, 2.24) is 9.80 Å². The first-order chi connectivity index (χ1) is 11.1. The van der Waals surface area contributed by atoms with Crippen molar-refractivity contribution < 1.29 is 19.1 Å². The highest BCUT2D eigenvalue weighted by atomic mass is 32.2. The molecule has 2 aliphatic rings. The number of methoxy groups -OCH3 is 1. The maximum absolute atomic E-state index is 12.3. The highest BCUT2D eigenvalue weighted by Crippen LogP contribution is 2.26. The standard InChI is InChI=1S/C15H17N3O4S/c1-22-12-4-2-10(3-5-12)16-14(20)17-7-6-11(8-17)18-13(19)9-23-15(18)21/h2-5,11H,6-9H2,1H3,(H,16,20). The Morgan fingerprint density at radius 3 is 2.65 bits per heavy atom. The van der Waals surface area contributed by atoms with Gasteiger partial charge in [0, 0.05) is 18.8 Å². The van der Waals surface area contributed by atoms with Crippen molar-refractivity contribution in [2.24, 2.45) is 0 Å². The van der Waals surface area contributed by atoms with Crippen LogP contribution in [0.5, 0.6) is 5.75 Å². The lowest BCUT2D eigenvalue weighted by Crippen LogP contribution is -2.42. The number of thioether (sulfide) groups is 1. The van der Waals surface area contributed by atoms with Crippen LogP contribution in [-0.4, -0.2) is 59.0 Å². The van der Waals surface area contributed by atoms with E-state index in [-0.39, 0.29) is 29.0 Å². The van der Waals surface area contributed by atoms with Crippen LogP contribution in [0.1, 0.15) is 6.42 Å². The summed E-state index contributed by atoms with van der Waals surface area (Å²) in [4.78, 5) is 38.7. The molecule has 1 atom stereocenters. The zero-order valence-corrected chi connectivity index (χ0v) is 13.5. The summed E-state index contributed by atoms with van der Waals surface area (Å²) >= 11 is 1.02. The van der Waals surface area contributed by atoms with Crippen molar-refractivity contribution in [3.05, 3.63) is 24.3 Å². The fourth-order valence-electron chi connectivity index (χ4n) is 2.73. The molecule has 2 fully saturated rings. The predicted octanol–water partition coefficient (Wildman–Crippen LogP) is 2.00. The molecule has 3 rings (SSSR count). The number of hydrogen-bond donors (Lipinski definition) is 1. The van der Waals surface area contributed by atoms with E-state index in [1.54, 1.807) is 36.3 Å². The zero-order valence-electron chi connectivity index (χ0n) is 12.7. The van der Waals surface area contributed by atoms with E-state index in [2.05, 4.69) is 5.32 Å². The van der Waals surface area contributed by atoms with Crippen LogP contribution < -0.4 is 10.1 Å². The summed E-state index contributed by atoms with van der Waals surface area (Å²) in [6, 6.07) is 6.60. The Balaban J connectivity index is 1.58. The number of benzene rings is 1.